The Morgan fingerprint density at radius 1 is 1.40 bits per heavy atom. The van der Waals surface area contributed by atoms with Gasteiger partial charge in [0.25, 0.3) is 0 Å². The van der Waals surface area contributed by atoms with Crippen molar-refractivity contribution in [2.45, 2.75) is 26.7 Å². The second-order valence-corrected chi connectivity index (χ2v) is 3.67. The van der Waals surface area contributed by atoms with Gasteiger partial charge in [-0.2, -0.15) is 0 Å². The molecule has 0 unspecified atom stereocenters. The van der Waals surface area contributed by atoms with E-state index < -0.39 is 0 Å². The van der Waals surface area contributed by atoms with Crippen molar-refractivity contribution in [1.82, 2.24) is 4.90 Å². The van der Waals surface area contributed by atoms with Gasteiger partial charge in [0.2, 0.25) is 0 Å². The third kappa shape index (κ3) is 4.34. The second kappa shape index (κ2) is 7.30. The largest absolute Gasteiger partial charge is 0.400 e. The average Bonchev–Trinajstić information content (AvgIpc) is 2.31. The summed E-state index contributed by atoms with van der Waals surface area (Å²) >= 11 is 0. The van der Waals surface area contributed by atoms with E-state index in [4.69, 9.17) is 5.11 Å². The van der Waals surface area contributed by atoms with Gasteiger partial charge in [-0.3, -0.25) is 0 Å². The molecule has 0 aliphatic heterocycles. The van der Waals surface area contributed by atoms with Crippen LogP contribution in [-0.2, 0) is 0 Å². The molecule has 0 aromatic rings. The summed E-state index contributed by atoms with van der Waals surface area (Å²) in [6.07, 6.45) is 6.73. The Labute approximate surface area is 93.6 Å². The van der Waals surface area contributed by atoms with Crippen molar-refractivity contribution in [3.05, 3.63) is 35.6 Å². The highest BCUT2D eigenvalue weighted by molar-refractivity contribution is 5.35. The molecule has 1 N–H and O–H groups in total. The first-order chi connectivity index (χ1) is 7.15. The van der Waals surface area contributed by atoms with Crippen molar-refractivity contribution >= 4 is 0 Å². The second-order valence-electron chi connectivity index (χ2n) is 3.67. The van der Waals surface area contributed by atoms with Crippen LogP contribution in [0, 0.1) is 0 Å². The number of aliphatic hydroxyl groups excluding tert-OH is 1. The van der Waals surface area contributed by atoms with Gasteiger partial charge >= 0.3 is 0 Å². The molecule has 0 saturated heterocycles. The van der Waals surface area contributed by atoms with E-state index in [0.29, 0.717) is 0 Å². The SMILES string of the molecule is C=C(C1=CC=C(C)CC1)N(C)CC.CO. The Bertz CT molecular complexity index is 264. The standard InChI is InChI=1S/C12H19N.CH4O/c1-5-13(4)11(3)12-8-6-10(2)7-9-12;1-2/h6,8H,3,5,7,9H2,1-2,4H3;2H,1H3. The Hall–Kier alpha value is -1.02. The maximum Gasteiger partial charge on any atom is 0.0323 e. The van der Waals surface area contributed by atoms with Gasteiger partial charge in [-0.25, -0.2) is 0 Å². The van der Waals surface area contributed by atoms with E-state index in [1.165, 1.54) is 23.3 Å². The van der Waals surface area contributed by atoms with Crippen molar-refractivity contribution in [2.75, 3.05) is 20.7 Å². The highest BCUT2D eigenvalue weighted by Crippen LogP contribution is 2.23. The van der Waals surface area contributed by atoms with Crippen LogP contribution < -0.4 is 0 Å². The number of allylic oxidation sites excluding steroid dienone is 4. The number of hydrogen-bond donors (Lipinski definition) is 1. The molecule has 1 aliphatic rings. The summed E-state index contributed by atoms with van der Waals surface area (Å²) in [5.41, 5.74) is 4.02. The fraction of sp³-hybridized carbons (Fsp3) is 0.538. The molecule has 2 nitrogen and oxygen atoms in total. The summed E-state index contributed by atoms with van der Waals surface area (Å²) < 4.78 is 0. The van der Waals surface area contributed by atoms with E-state index in [0.717, 1.165) is 20.1 Å². The number of nitrogens with zero attached hydrogens (tertiary/aromatic N) is 1. The third-order valence-electron chi connectivity index (χ3n) is 2.66. The maximum absolute atomic E-state index is 7.00. The summed E-state index contributed by atoms with van der Waals surface area (Å²) in [6.45, 7) is 9.46. The molecule has 2 heteroatoms. The van der Waals surface area contributed by atoms with Crippen molar-refractivity contribution < 1.29 is 5.11 Å². The smallest absolute Gasteiger partial charge is 0.0323 e. The molecule has 15 heavy (non-hydrogen) atoms. The number of hydrogen-bond acceptors (Lipinski definition) is 2. The molecule has 0 heterocycles. The van der Waals surface area contributed by atoms with E-state index in [1.807, 2.05) is 0 Å². The first-order valence-corrected chi connectivity index (χ1v) is 5.36. The van der Waals surface area contributed by atoms with Gasteiger partial charge in [0.15, 0.2) is 0 Å². The molecular weight excluding hydrogens is 186 g/mol. The lowest BCUT2D eigenvalue weighted by Gasteiger charge is -2.23. The van der Waals surface area contributed by atoms with Crippen LogP contribution in [0.3, 0.4) is 0 Å². The highest BCUT2D eigenvalue weighted by Gasteiger charge is 2.08. The van der Waals surface area contributed by atoms with E-state index in [-0.39, 0.29) is 0 Å². The fourth-order valence-electron chi connectivity index (χ4n) is 1.42. The van der Waals surface area contributed by atoms with Gasteiger partial charge < -0.3 is 10.0 Å². The quantitative estimate of drug-likeness (QED) is 0.772. The van der Waals surface area contributed by atoms with Crippen molar-refractivity contribution in [3.8, 4) is 0 Å². The summed E-state index contributed by atoms with van der Waals surface area (Å²) in [4.78, 5) is 2.19. The minimum Gasteiger partial charge on any atom is -0.400 e. The minimum atomic E-state index is 1.00. The molecule has 0 saturated carbocycles. The third-order valence-corrected chi connectivity index (χ3v) is 2.66. The first-order valence-electron chi connectivity index (χ1n) is 5.36. The van der Waals surface area contributed by atoms with Gasteiger partial charge in [0.05, 0.1) is 0 Å². The monoisotopic (exact) mass is 209 g/mol. The molecular formula is C13H23NO. The van der Waals surface area contributed by atoms with Crippen molar-refractivity contribution in [2.24, 2.45) is 0 Å². The Kier molecular flexibility index (Phi) is 6.80. The van der Waals surface area contributed by atoms with Crippen LogP contribution in [0.1, 0.15) is 26.7 Å². The van der Waals surface area contributed by atoms with Crippen LogP contribution in [0.15, 0.2) is 35.6 Å². The zero-order chi connectivity index (χ0) is 11.8. The normalized spacial score (nSPS) is 14.5. The van der Waals surface area contributed by atoms with Crippen molar-refractivity contribution in [3.63, 3.8) is 0 Å². The van der Waals surface area contributed by atoms with Gasteiger partial charge in [-0.15, -0.1) is 0 Å². The van der Waals surface area contributed by atoms with Crippen LogP contribution in [0.25, 0.3) is 0 Å². The lowest BCUT2D eigenvalue weighted by Crippen LogP contribution is -2.18. The van der Waals surface area contributed by atoms with E-state index >= 15 is 0 Å². The zero-order valence-electron chi connectivity index (χ0n) is 10.4. The average molecular weight is 209 g/mol. The summed E-state index contributed by atoms with van der Waals surface area (Å²) in [5.74, 6) is 0. The van der Waals surface area contributed by atoms with Crippen LogP contribution in [0.2, 0.25) is 0 Å². The van der Waals surface area contributed by atoms with E-state index in [2.05, 4.69) is 44.5 Å². The molecule has 0 aromatic heterocycles. The molecule has 0 atom stereocenters. The van der Waals surface area contributed by atoms with Crippen LogP contribution >= 0.6 is 0 Å². The Morgan fingerprint density at radius 3 is 2.40 bits per heavy atom. The van der Waals surface area contributed by atoms with Gasteiger partial charge in [0, 0.05) is 26.4 Å². The van der Waals surface area contributed by atoms with Crippen LogP contribution in [0.5, 0.6) is 0 Å². The van der Waals surface area contributed by atoms with Gasteiger partial charge in [-0.1, -0.05) is 24.3 Å². The molecule has 0 radical (unpaired) electrons. The van der Waals surface area contributed by atoms with Crippen LogP contribution in [-0.4, -0.2) is 30.7 Å². The van der Waals surface area contributed by atoms with E-state index in [9.17, 15) is 0 Å². The Morgan fingerprint density at radius 2 is 2.00 bits per heavy atom. The molecule has 86 valence electrons. The number of aliphatic hydroxyl groups is 1. The molecule has 1 rings (SSSR count). The highest BCUT2D eigenvalue weighted by atomic mass is 16.2. The topological polar surface area (TPSA) is 23.5 Å². The van der Waals surface area contributed by atoms with E-state index in [1.54, 1.807) is 0 Å². The molecule has 0 fully saturated rings. The first kappa shape index (κ1) is 14.0. The Balaban J connectivity index is 0.000000921. The lowest BCUT2D eigenvalue weighted by atomic mass is 9.97. The van der Waals surface area contributed by atoms with Gasteiger partial charge in [0.1, 0.15) is 0 Å². The lowest BCUT2D eigenvalue weighted by molar-refractivity contribution is 0.399. The molecule has 0 aromatic carbocycles. The minimum absolute atomic E-state index is 1.00. The summed E-state index contributed by atoms with van der Waals surface area (Å²) in [5, 5.41) is 7.00. The number of likely N-dealkylation sites (N-methyl/N-ethyl adjacent to an activating group) is 1. The van der Waals surface area contributed by atoms with Crippen LogP contribution in [0.4, 0.5) is 0 Å². The van der Waals surface area contributed by atoms with Crippen molar-refractivity contribution in [1.29, 1.82) is 0 Å². The zero-order valence-corrected chi connectivity index (χ0v) is 10.4. The predicted molar refractivity (Wildman–Crippen MR) is 66.7 cm³/mol. The predicted octanol–water partition coefficient (Wildman–Crippen LogP) is 2.73. The summed E-state index contributed by atoms with van der Waals surface area (Å²) in [6, 6.07) is 0. The molecule has 0 bridgehead atoms. The molecule has 0 spiro atoms. The number of rotatable bonds is 3. The molecule has 1 aliphatic carbocycles. The fourth-order valence-corrected chi connectivity index (χ4v) is 1.42. The maximum atomic E-state index is 7.00. The van der Waals surface area contributed by atoms with Gasteiger partial charge in [-0.05, 0) is 32.3 Å². The molecule has 0 amide bonds. The summed E-state index contributed by atoms with van der Waals surface area (Å²) in [7, 11) is 3.09.